The molecule has 132 valence electrons. The van der Waals surface area contributed by atoms with E-state index in [0.717, 1.165) is 12.1 Å². The zero-order valence-electron chi connectivity index (χ0n) is 12.9. The van der Waals surface area contributed by atoms with Gasteiger partial charge in [0.25, 0.3) is 0 Å². The van der Waals surface area contributed by atoms with Gasteiger partial charge < -0.3 is 0 Å². The molecule has 0 amide bonds. The van der Waals surface area contributed by atoms with Gasteiger partial charge in [-0.15, -0.1) is 5.10 Å². The Morgan fingerprint density at radius 3 is 2.64 bits per heavy atom. The van der Waals surface area contributed by atoms with Crippen LogP contribution < -0.4 is 4.72 Å². The van der Waals surface area contributed by atoms with Crippen LogP contribution in [0.1, 0.15) is 12.5 Å². The number of nitrogens with one attached hydrogen (secondary N) is 1. The van der Waals surface area contributed by atoms with Gasteiger partial charge in [0.05, 0.1) is 23.2 Å². The number of halogens is 3. The Bertz CT molecular complexity index is 1030. The zero-order valence-corrected chi connectivity index (χ0v) is 13.8. The number of anilines is 1. The average molecular weight is 370 g/mol. The van der Waals surface area contributed by atoms with Gasteiger partial charge in [0, 0.05) is 5.56 Å². The molecule has 0 aliphatic carbocycles. The van der Waals surface area contributed by atoms with Crippen LogP contribution in [0.2, 0.25) is 0 Å². The topological polar surface area (TPSA) is 76.4 Å². The number of rotatable bonds is 4. The van der Waals surface area contributed by atoms with Gasteiger partial charge in [-0.3, -0.25) is 4.72 Å². The summed E-state index contributed by atoms with van der Waals surface area (Å²) in [4.78, 5) is 4.17. The molecule has 0 spiro atoms. The Morgan fingerprint density at radius 2 is 1.96 bits per heavy atom. The molecule has 3 aromatic rings. The maximum atomic E-state index is 12.8. The van der Waals surface area contributed by atoms with E-state index in [1.807, 2.05) is 0 Å². The number of sulfonamides is 1. The van der Waals surface area contributed by atoms with Crippen molar-refractivity contribution < 1.29 is 21.6 Å². The highest BCUT2D eigenvalue weighted by molar-refractivity contribution is 7.92. The van der Waals surface area contributed by atoms with Crippen molar-refractivity contribution in [1.29, 1.82) is 0 Å². The maximum Gasteiger partial charge on any atom is 0.416 e. The number of aromatic nitrogens is 3. The van der Waals surface area contributed by atoms with Crippen molar-refractivity contribution in [1.82, 2.24) is 14.6 Å². The van der Waals surface area contributed by atoms with Crippen LogP contribution in [-0.2, 0) is 16.2 Å². The maximum absolute atomic E-state index is 12.8. The van der Waals surface area contributed by atoms with Gasteiger partial charge in [0.15, 0.2) is 11.5 Å². The second-order valence-corrected chi connectivity index (χ2v) is 7.25. The van der Waals surface area contributed by atoms with E-state index in [4.69, 9.17) is 0 Å². The standard InChI is InChI=1S/C15H13F3N4O2S/c1-2-25(23,24)21-12-6-7-13-19-14(20-22(13)9-12)10-4-3-5-11(8-10)15(16,17)18/h3-9,21H,2H2,1H3. The molecule has 6 nitrogen and oxygen atoms in total. The third-order valence-electron chi connectivity index (χ3n) is 3.43. The molecule has 0 atom stereocenters. The number of alkyl halides is 3. The van der Waals surface area contributed by atoms with Gasteiger partial charge in [0.2, 0.25) is 10.0 Å². The van der Waals surface area contributed by atoms with Gasteiger partial charge in [0.1, 0.15) is 0 Å². The highest BCUT2D eigenvalue weighted by Crippen LogP contribution is 2.31. The summed E-state index contributed by atoms with van der Waals surface area (Å²) in [5, 5.41) is 4.13. The molecule has 0 bridgehead atoms. The van der Waals surface area contributed by atoms with Crippen LogP contribution in [0.4, 0.5) is 18.9 Å². The predicted octanol–water partition coefficient (Wildman–Crippen LogP) is 3.18. The first-order chi connectivity index (χ1) is 11.7. The molecule has 2 heterocycles. The molecule has 0 unspecified atom stereocenters. The zero-order chi connectivity index (χ0) is 18.2. The van der Waals surface area contributed by atoms with Gasteiger partial charge in [-0.1, -0.05) is 12.1 Å². The Hall–Kier alpha value is -2.62. The van der Waals surface area contributed by atoms with Crippen molar-refractivity contribution in [3.05, 3.63) is 48.2 Å². The van der Waals surface area contributed by atoms with E-state index < -0.39 is 21.8 Å². The van der Waals surface area contributed by atoms with Crippen LogP contribution in [0.25, 0.3) is 17.0 Å². The number of benzene rings is 1. The molecule has 0 saturated heterocycles. The second-order valence-electron chi connectivity index (χ2n) is 5.24. The highest BCUT2D eigenvalue weighted by atomic mass is 32.2. The number of nitrogens with zero attached hydrogens (tertiary/aromatic N) is 3. The molecule has 2 aromatic heterocycles. The van der Waals surface area contributed by atoms with Crippen molar-refractivity contribution in [2.24, 2.45) is 0 Å². The number of pyridine rings is 1. The summed E-state index contributed by atoms with van der Waals surface area (Å²) in [6.07, 6.45) is -3.05. The minimum Gasteiger partial charge on any atom is -0.282 e. The lowest BCUT2D eigenvalue weighted by molar-refractivity contribution is -0.137. The van der Waals surface area contributed by atoms with Crippen LogP contribution in [0.15, 0.2) is 42.6 Å². The molecule has 1 aromatic carbocycles. The fraction of sp³-hybridized carbons (Fsp3) is 0.200. The molecule has 25 heavy (non-hydrogen) atoms. The van der Waals surface area contributed by atoms with E-state index in [0.29, 0.717) is 5.65 Å². The van der Waals surface area contributed by atoms with Crippen molar-refractivity contribution >= 4 is 21.4 Å². The number of hydrogen-bond donors (Lipinski definition) is 1. The Morgan fingerprint density at radius 1 is 1.20 bits per heavy atom. The van der Waals surface area contributed by atoms with Crippen molar-refractivity contribution in [3.8, 4) is 11.4 Å². The van der Waals surface area contributed by atoms with Crippen molar-refractivity contribution in [2.45, 2.75) is 13.1 Å². The summed E-state index contributed by atoms with van der Waals surface area (Å²) in [5.74, 6) is 0.0272. The largest absolute Gasteiger partial charge is 0.416 e. The van der Waals surface area contributed by atoms with Crippen LogP contribution in [-0.4, -0.2) is 28.8 Å². The Kier molecular flexibility index (Phi) is 4.15. The van der Waals surface area contributed by atoms with E-state index in [9.17, 15) is 21.6 Å². The van der Waals surface area contributed by atoms with Crippen LogP contribution in [0.5, 0.6) is 0 Å². The first-order valence-electron chi connectivity index (χ1n) is 7.22. The fourth-order valence-corrected chi connectivity index (χ4v) is 2.78. The fourth-order valence-electron chi connectivity index (χ4n) is 2.15. The summed E-state index contributed by atoms with van der Waals surface area (Å²) in [6, 6.07) is 7.73. The lowest BCUT2D eigenvalue weighted by Crippen LogP contribution is -2.14. The molecule has 0 aliphatic heterocycles. The predicted molar refractivity (Wildman–Crippen MR) is 86.5 cm³/mol. The SMILES string of the molecule is CCS(=O)(=O)Nc1ccc2nc(-c3cccc(C(F)(F)F)c3)nn2c1. The monoisotopic (exact) mass is 370 g/mol. The van der Waals surface area contributed by atoms with Crippen LogP contribution >= 0.6 is 0 Å². The first-order valence-corrected chi connectivity index (χ1v) is 8.88. The number of hydrogen-bond acceptors (Lipinski definition) is 4. The van der Waals surface area contributed by atoms with E-state index in [1.54, 1.807) is 0 Å². The van der Waals surface area contributed by atoms with Gasteiger partial charge in [-0.25, -0.2) is 17.9 Å². The molecule has 0 aliphatic rings. The van der Waals surface area contributed by atoms with E-state index in [2.05, 4.69) is 14.8 Å². The normalized spacial score (nSPS) is 12.5. The molecule has 0 fully saturated rings. The quantitative estimate of drug-likeness (QED) is 0.765. The van der Waals surface area contributed by atoms with Crippen molar-refractivity contribution in [3.63, 3.8) is 0 Å². The lowest BCUT2D eigenvalue weighted by atomic mass is 10.1. The summed E-state index contributed by atoms with van der Waals surface area (Å²) < 4.78 is 65.3. The molecule has 10 heteroatoms. The lowest BCUT2D eigenvalue weighted by Gasteiger charge is -2.06. The first kappa shape index (κ1) is 17.2. The van der Waals surface area contributed by atoms with Gasteiger partial charge in [-0.2, -0.15) is 13.2 Å². The Labute approximate surface area is 141 Å². The minimum atomic E-state index is -4.46. The van der Waals surface area contributed by atoms with Gasteiger partial charge >= 0.3 is 6.18 Å². The molecule has 0 saturated carbocycles. The smallest absolute Gasteiger partial charge is 0.282 e. The number of fused-ring (bicyclic) bond motifs is 1. The molecular formula is C15H13F3N4O2S. The summed E-state index contributed by atoms with van der Waals surface area (Å²) >= 11 is 0. The molecule has 3 rings (SSSR count). The summed E-state index contributed by atoms with van der Waals surface area (Å²) in [6.45, 7) is 1.50. The highest BCUT2D eigenvalue weighted by Gasteiger charge is 2.30. The van der Waals surface area contributed by atoms with Crippen molar-refractivity contribution in [2.75, 3.05) is 10.5 Å². The summed E-state index contributed by atoms with van der Waals surface area (Å²) in [7, 11) is -3.45. The third-order valence-corrected chi connectivity index (χ3v) is 4.74. The Balaban J connectivity index is 1.99. The molecule has 1 N–H and O–H groups in total. The van der Waals surface area contributed by atoms with Gasteiger partial charge in [-0.05, 0) is 31.2 Å². The third kappa shape index (κ3) is 3.73. The molecular weight excluding hydrogens is 357 g/mol. The summed E-state index contributed by atoms with van der Waals surface area (Å²) in [5.41, 5.74) is 0.0937. The van der Waals surface area contributed by atoms with E-state index in [-0.39, 0.29) is 22.8 Å². The van der Waals surface area contributed by atoms with E-state index in [1.165, 1.54) is 41.9 Å². The van der Waals surface area contributed by atoms with E-state index >= 15 is 0 Å². The average Bonchev–Trinajstić information content (AvgIpc) is 2.97. The van der Waals surface area contributed by atoms with Crippen LogP contribution in [0, 0.1) is 0 Å². The second kappa shape index (κ2) is 6.03. The minimum absolute atomic E-state index is 0.0854. The molecule has 0 radical (unpaired) electrons. The van der Waals surface area contributed by atoms with Crippen LogP contribution in [0.3, 0.4) is 0 Å².